The Morgan fingerprint density at radius 1 is 1.26 bits per heavy atom. The Morgan fingerprint density at radius 3 is 2.70 bits per heavy atom. The Bertz CT molecular complexity index is 801. The predicted molar refractivity (Wildman–Crippen MR) is 76.2 cm³/mol. The van der Waals surface area contributed by atoms with Crippen LogP contribution in [0.15, 0.2) is 46.1 Å². The molecule has 0 bridgehead atoms. The molecule has 0 spiro atoms. The lowest BCUT2D eigenvalue weighted by atomic mass is 10.2. The third kappa shape index (κ3) is 4.77. The van der Waals surface area contributed by atoms with Gasteiger partial charge in [0.2, 0.25) is 5.91 Å². The summed E-state index contributed by atoms with van der Waals surface area (Å²) < 4.78 is 29.9. The zero-order chi connectivity index (χ0) is 16.8. The van der Waals surface area contributed by atoms with Gasteiger partial charge in [0.05, 0.1) is 0 Å². The summed E-state index contributed by atoms with van der Waals surface area (Å²) in [7, 11) is 0. The van der Waals surface area contributed by atoms with Gasteiger partial charge < -0.3 is 10.1 Å². The van der Waals surface area contributed by atoms with Crippen LogP contribution in [0.4, 0.5) is 8.78 Å². The van der Waals surface area contributed by atoms with Crippen molar-refractivity contribution in [3.8, 4) is 5.75 Å². The van der Waals surface area contributed by atoms with Crippen LogP contribution < -0.4 is 21.3 Å². The lowest BCUT2D eigenvalue weighted by Crippen LogP contribution is -2.35. The number of amides is 1. The highest BCUT2D eigenvalue weighted by atomic mass is 19.3. The smallest absolute Gasteiger partial charge is 0.387 e. The molecule has 2 aromatic rings. The first-order valence-corrected chi connectivity index (χ1v) is 6.55. The van der Waals surface area contributed by atoms with Crippen LogP contribution in [0.1, 0.15) is 5.56 Å². The van der Waals surface area contributed by atoms with Crippen LogP contribution >= 0.6 is 0 Å². The topological polar surface area (TPSA) is 93.2 Å². The molecule has 122 valence electrons. The number of para-hydroxylation sites is 1. The van der Waals surface area contributed by atoms with E-state index in [9.17, 15) is 23.2 Å². The number of aromatic amines is 1. The number of carbonyl (C=O) groups is 1. The number of halogens is 2. The van der Waals surface area contributed by atoms with Crippen LogP contribution in [0.2, 0.25) is 0 Å². The molecule has 0 aliphatic carbocycles. The average molecular weight is 325 g/mol. The number of nitrogens with one attached hydrogen (secondary N) is 2. The normalized spacial score (nSPS) is 10.6. The molecular weight excluding hydrogens is 312 g/mol. The highest BCUT2D eigenvalue weighted by Gasteiger charge is 2.10. The largest absolute Gasteiger partial charge is 0.434 e. The van der Waals surface area contributed by atoms with E-state index in [1.54, 1.807) is 6.07 Å². The molecule has 1 heterocycles. The highest BCUT2D eigenvalue weighted by Crippen LogP contribution is 2.19. The van der Waals surface area contributed by atoms with Crippen molar-refractivity contribution in [1.82, 2.24) is 14.9 Å². The molecule has 0 saturated heterocycles. The van der Waals surface area contributed by atoms with Crippen molar-refractivity contribution in [3.05, 3.63) is 62.9 Å². The molecular formula is C14H13F2N3O4. The van der Waals surface area contributed by atoms with E-state index in [0.717, 1.165) is 10.6 Å². The van der Waals surface area contributed by atoms with Gasteiger partial charge in [0.25, 0.3) is 5.56 Å². The summed E-state index contributed by atoms with van der Waals surface area (Å²) in [4.78, 5) is 36.2. The molecule has 23 heavy (non-hydrogen) atoms. The summed E-state index contributed by atoms with van der Waals surface area (Å²) in [5.41, 5.74) is -0.909. The molecule has 0 atom stereocenters. The number of benzene rings is 1. The number of H-pyrrole nitrogens is 1. The molecule has 7 nitrogen and oxygen atoms in total. The maximum absolute atomic E-state index is 12.3. The molecule has 0 unspecified atom stereocenters. The van der Waals surface area contributed by atoms with Gasteiger partial charge in [-0.15, -0.1) is 0 Å². The van der Waals surface area contributed by atoms with Gasteiger partial charge in [-0.25, -0.2) is 4.79 Å². The first kappa shape index (κ1) is 16.4. The van der Waals surface area contributed by atoms with Gasteiger partial charge in [-0.2, -0.15) is 8.78 Å². The molecule has 1 aromatic carbocycles. The van der Waals surface area contributed by atoms with Gasteiger partial charge in [0.15, 0.2) is 0 Å². The Kier molecular flexibility index (Phi) is 5.23. The van der Waals surface area contributed by atoms with Crippen molar-refractivity contribution in [2.45, 2.75) is 19.7 Å². The molecule has 9 heteroatoms. The third-order valence-corrected chi connectivity index (χ3v) is 2.88. The first-order valence-electron chi connectivity index (χ1n) is 6.55. The quantitative estimate of drug-likeness (QED) is 0.807. The van der Waals surface area contributed by atoms with E-state index in [0.29, 0.717) is 5.56 Å². The molecule has 0 fully saturated rings. The number of carbonyl (C=O) groups excluding carboxylic acids is 1. The third-order valence-electron chi connectivity index (χ3n) is 2.88. The lowest BCUT2D eigenvalue weighted by molar-refractivity contribution is -0.121. The van der Waals surface area contributed by atoms with E-state index >= 15 is 0 Å². The second-order valence-corrected chi connectivity index (χ2v) is 4.50. The van der Waals surface area contributed by atoms with Crippen molar-refractivity contribution < 1.29 is 18.3 Å². The van der Waals surface area contributed by atoms with E-state index in [1.165, 1.54) is 24.4 Å². The van der Waals surface area contributed by atoms with Crippen LogP contribution in [0.3, 0.4) is 0 Å². The fraction of sp³-hybridized carbons (Fsp3) is 0.214. The molecule has 0 saturated carbocycles. The van der Waals surface area contributed by atoms with E-state index in [1.807, 2.05) is 4.98 Å². The highest BCUT2D eigenvalue weighted by molar-refractivity contribution is 5.75. The van der Waals surface area contributed by atoms with Crippen molar-refractivity contribution in [2.75, 3.05) is 0 Å². The monoisotopic (exact) mass is 325 g/mol. The lowest BCUT2D eigenvalue weighted by Gasteiger charge is -2.11. The van der Waals surface area contributed by atoms with Crippen molar-refractivity contribution in [1.29, 1.82) is 0 Å². The Balaban J connectivity index is 1.99. The van der Waals surface area contributed by atoms with Crippen LogP contribution in [-0.2, 0) is 17.9 Å². The summed E-state index contributed by atoms with van der Waals surface area (Å²) in [5, 5.41) is 2.49. The number of rotatable bonds is 6. The molecule has 2 rings (SSSR count). The van der Waals surface area contributed by atoms with Gasteiger partial charge in [-0.1, -0.05) is 18.2 Å². The predicted octanol–water partition coefficient (Wildman–Crippen LogP) is 0.454. The summed E-state index contributed by atoms with van der Waals surface area (Å²) in [6, 6.07) is 7.15. The summed E-state index contributed by atoms with van der Waals surface area (Å²) in [6.45, 7) is -3.32. The van der Waals surface area contributed by atoms with Crippen molar-refractivity contribution in [3.63, 3.8) is 0 Å². The van der Waals surface area contributed by atoms with Crippen LogP contribution in [-0.4, -0.2) is 22.1 Å². The Morgan fingerprint density at radius 2 is 2.00 bits per heavy atom. The Hall–Kier alpha value is -2.97. The second-order valence-electron chi connectivity index (χ2n) is 4.50. The minimum Gasteiger partial charge on any atom is -0.434 e. The van der Waals surface area contributed by atoms with Crippen molar-refractivity contribution in [2.24, 2.45) is 0 Å². The van der Waals surface area contributed by atoms with Gasteiger partial charge in [0.1, 0.15) is 12.3 Å². The molecule has 1 amide bonds. The number of hydrogen-bond donors (Lipinski definition) is 2. The van der Waals surface area contributed by atoms with Crippen LogP contribution in [0.25, 0.3) is 0 Å². The summed E-state index contributed by atoms with van der Waals surface area (Å²) in [6.07, 6.45) is 1.19. The summed E-state index contributed by atoms with van der Waals surface area (Å²) in [5.74, 6) is -0.560. The SMILES string of the molecule is O=C(Cn1ccc(=O)[nH]c1=O)NCc1ccccc1OC(F)F. The van der Waals surface area contributed by atoms with Crippen LogP contribution in [0, 0.1) is 0 Å². The maximum atomic E-state index is 12.3. The zero-order valence-corrected chi connectivity index (χ0v) is 11.8. The molecule has 1 aromatic heterocycles. The van der Waals surface area contributed by atoms with E-state index < -0.39 is 23.8 Å². The molecule has 0 aliphatic rings. The van der Waals surface area contributed by atoms with Crippen molar-refractivity contribution >= 4 is 5.91 Å². The number of aromatic nitrogens is 2. The zero-order valence-electron chi connectivity index (χ0n) is 11.8. The number of nitrogens with zero attached hydrogens (tertiary/aromatic N) is 1. The fourth-order valence-corrected chi connectivity index (χ4v) is 1.83. The minimum absolute atomic E-state index is 0.0380. The molecule has 0 radical (unpaired) electrons. The standard InChI is InChI=1S/C14H13F2N3O4/c15-13(16)23-10-4-2-1-3-9(10)7-17-12(21)8-19-6-5-11(20)18-14(19)22/h1-6,13H,7-8H2,(H,17,21)(H,18,20,22). The van der Waals surface area contributed by atoms with Gasteiger partial charge in [0, 0.05) is 24.4 Å². The van der Waals surface area contributed by atoms with Gasteiger partial charge >= 0.3 is 12.3 Å². The first-order chi connectivity index (χ1) is 11.0. The van der Waals surface area contributed by atoms with E-state index in [-0.39, 0.29) is 18.8 Å². The maximum Gasteiger partial charge on any atom is 0.387 e. The fourth-order valence-electron chi connectivity index (χ4n) is 1.83. The minimum atomic E-state index is -2.97. The van der Waals surface area contributed by atoms with E-state index in [4.69, 9.17) is 0 Å². The number of hydrogen-bond acceptors (Lipinski definition) is 4. The van der Waals surface area contributed by atoms with Gasteiger partial charge in [-0.05, 0) is 6.07 Å². The average Bonchev–Trinajstić information content (AvgIpc) is 2.49. The Labute approximate surface area is 128 Å². The number of ether oxygens (including phenoxy) is 1. The molecule has 0 aliphatic heterocycles. The second kappa shape index (κ2) is 7.34. The molecule has 2 N–H and O–H groups in total. The number of alkyl halides is 2. The summed E-state index contributed by atoms with van der Waals surface area (Å²) >= 11 is 0. The van der Waals surface area contributed by atoms with Crippen LogP contribution in [0.5, 0.6) is 5.75 Å². The van der Waals surface area contributed by atoms with E-state index in [2.05, 4.69) is 10.1 Å². The van der Waals surface area contributed by atoms with Gasteiger partial charge in [-0.3, -0.25) is 19.1 Å².